The summed E-state index contributed by atoms with van der Waals surface area (Å²) in [7, 11) is 1.89. The largest absolute Gasteiger partial charge is 0.418 e. The molecule has 0 N–H and O–H groups in total. The van der Waals surface area contributed by atoms with E-state index < -0.39 is 17.4 Å². The SMILES string of the molecule is C[C@H]1CCCN(Cc2cc(C(F)(F)F)c3cn(-c4cccc([C@@H](C5=CCC5)c5nncn5C)c4)c(=O)n3c2)C1. The zero-order valence-electron chi connectivity index (χ0n) is 22.0. The smallest absolute Gasteiger partial charge is 0.320 e. The molecule has 0 spiro atoms. The molecule has 0 amide bonds. The minimum Gasteiger partial charge on any atom is -0.320 e. The fourth-order valence-corrected chi connectivity index (χ4v) is 5.94. The van der Waals surface area contributed by atoms with Crippen molar-refractivity contribution in [1.29, 1.82) is 0 Å². The van der Waals surface area contributed by atoms with Gasteiger partial charge in [0.15, 0.2) is 0 Å². The number of nitrogens with zero attached hydrogens (tertiary/aromatic N) is 6. The lowest BCUT2D eigenvalue weighted by molar-refractivity contribution is -0.136. The van der Waals surface area contributed by atoms with Gasteiger partial charge in [-0.25, -0.2) is 4.79 Å². The molecule has 4 aromatic rings. The molecular weight excluding hydrogens is 505 g/mol. The van der Waals surface area contributed by atoms with Gasteiger partial charge >= 0.3 is 11.9 Å². The van der Waals surface area contributed by atoms with E-state index in [0.717, 1.165) is 54.6 Å². The van der Waals surface area contributed by atoms with E-state index in [0.29, 0.717) is 23.7 Å². The second kappa shape index (κ2) is 9.82. The Labute approximate surface area is 224 Å². The van der Waals surface area contributed by atoms with Crippen molar-refractivity contribution in [2.24, 2.45) is 13.0 Å². The number of hydrogen-bond acceptors (Lipinski definition) is 4. The number of alkyl halides is 3. The summed E-state index contributed by atoms with van der Waals surface area (Å²) in [5.74, 6) is 1.15. The van der Waals surface area contributed by atoms with Crippen LogP contribution in [-0.4, -0.2) is 41.7 Å². The molecule has 0 radical (unpaired) electrons. The number of imidazole rings is 1. The van der Waals surface area contributed by atoms with E-state index in [1.54, 1.807) is 18.6 Å². The quantitative estimate of drug-likeness (QED) is 0.313. The molecule has 1 fully saturated rings. The van der Waals surface area contributed by atoms with Crippen molar-refractivity contribution in [3.63, 3.8) is 0 Å². The van der Waals surface area contributed by atoms with Crippen LogP contribution in [0.2, 0.25) is 0 Å². The average molecular weight is 537 g/mol. The second-order valence-corrected chi connectivity index (χ2v) is 10.9. The molecule has 0 bridgehead atoms. The van der Waals surface area contributed by atoms with Crippen LogP contribution >= 0.6 is 0 Å². The van der Waals surface area contributed by atoms with E-state index in [4.69, 9.17) is 0 Å². The minimum atomic E-state index is -4.59. The van der Waals surface area contributed by atoms with E-state index in [9.17, 15) is 18.0 Å². The van der Waals surface area contributed by atoms with Crippen LogP contribution in [0.3, 0.4) is 0 Å². The third-order valence-electron chi connectivity index (χ3n) is 7.97. The van der Waals surface area contributed by atoms with Crippen LogP contribution in [0.4, 0.5) is 13.2 Å². The van der Waals surface area contributed by atoms with Gasteiger partial charge in [0.05, 0.1) is 22.7 Å². The molecule has 10 heteroatoms. The number of hydrogen-bond donors (Lipinski definition) is 0. The number of fused-ring (bicyclic) bond motifs is 1. The van der Waals surface area contributed by atoms with Gasteiger partial charge in [-0.15, -0.1) is 10.2 Å². The monoisotopic (exact) mass is 536 g/mol. The first-order valence-corrected chi connectivity index (χ1v) is 13.4. The van der Waals surface area contributed by atoms with Gasteiger partial charge in [-0.3, -0.25) is 13.9 Å². The Morgan fingerprint density at radius 2 is 2.00 bits per heavy atom. The maximum Gasteiger partial charge on any atom is 0.418 e. The number of likely N-dealkylation sites (tertiary alicyclic amines) is 1. The molecule has 1 saturated heterocycles. The van der Waals surface area contributed by atoms with E-state index in [-0.39, 0.29) is 11.4 Å². The van der Waals surface area contributed by atoms with Gasteiger partial charge in [-0.2, -0.15) is 13.2 Å². The predicted molar refractivity (Wildman–Crippen MR) is 142 cm³/mol. The molecule has 6 rings (SSSR count). The van der Waals surface area contributed by atoms with Crippen molar-refractivity contribution in [1.82, 2.24) is 28.6 Å². The molecule has 1 aliphatic heterocycles. The van der Waals surface area contributed by atoms with Gasteiger partial charge in [-0.05, 0) is 67.5 Å². The molecule has 1 aliphatic carbocycles. The van der Waals surface area contributed by atoms with Crippen molar-refractivity contribution < 1.29 is 13.2 Å². The maximum absolute atomic E-state index is 14.2. The number of pyridine rings is 1. The zero-order chi connectivity index (χ0) is 27.3. The van der Waals surface area contributed by atoms with Crippen LogP contribution in [0.5, 0.6) is 0 Å². The fraction of sp³-hybridized carbons (Fsp3) is 0.414. The molecule has 204 valence electrons. The number of aromatic nitrogens is 5. The number of aryl methyl sites for hydroxylation is 1. The molecule has 4 heterocycles. The number of benzene rings is 1. The summed E-state index contributed by atoms with van der Waals surface area (Å²) in [6.45, 7) is 4.22. The van der Waals surface area contributed by atoms with Crippen molar-refractivity contribution >= 4 is 5.52 Å². The van der Waals surface area contributed by atoms with Crippen LogP contribution in [-0.2, 0) is 19.8 Å². The van der Waals surface area contributed by atoms with Crippen LogP contribution in [0.15, 0.2) is 65.5 Å². The third kappa shape index (κ3) is 4.82. The first kappa shape index (κ1) is 25.6. The fourth-order valence-electron chi connectivity index (χ4n) is 5.94. The van der Waals surface area contributed by atoms with E-state index >= 15 is 0 Å². The summed E-state index contributed by atoms with van der Waals surface area (Å²) in [5.41, 5.74) is 1.64. The summed E-state index contributed by atoms with van der Waals surface area (Å²) < 4.78 is 47.0. The third-order valence-corrected chi connectivity index (χ3v) is 7.97. The van der Waals surface area contributed by atoms with Crippen LogP contribution in [0.25, 0.3) is 11.2 Å². The van der Waals surface area contributed by atoms with Crippen molar-refractivity contribution in [2.45, 2.75) is 51.2 Å². The van der Waals surface area contributed by atoms with Crippen LogP contribution in [0.1, 0.15) is 61.0 Å². The maximum atomic E-state index is 14.2. The van der Waals surface area contributed by atoms with Gasteiger partial charge in [-0.1, -0.05) is 30.7 Å². The Kier molecular flexibility index (Phi) is 6.45. The lowest BCUT2D eigenvalue weighted by atomic mass is 9.81. The highest BCUT2D eigenvalue weighted by atomic mass is 19.4. The van der Waals surface area contributed by atoms with Crippen molar-refractivity contribution in [3.8, 4) is 5.69 Å². The highest BCUT2D eigenvalue weighted by molar-refractivity contribution is 5.58. The molecular formula is C29H31F3N6O. The Hall–Kier alpha value is -3.66. The zero-order valence-corrected chi connectivity index (χ0v) is 22.0. The van der Waals surface area contributed by atoms with Gasteiger partial charge < -0.3 is 4.57 Å². The van der Waals surface area contributed by atoms with Gasteiger partial charge in [0.1, 0.15) is 12.2 Å². The highest BCUT2D eigenvalue weighted by Gasteiger charge is 2.35. The highest BCUT2D eigenvalue weighted by Crippen LogP contribution is 2.38. The number of halogens is 3. The Morgan fingerprint density at radius 1 is 1.18 bits per heavy atom. The van der Waals surface area contributed by atoms with Gasteiger partial charge in [0.25, 0.3) is 0 Å². The first-order chi connectivity index (χ1) is 18.7. The van der Waals surface area contributed by atoms with Crippen molar-refractivity contribution in [3.05, 3.63) is 93.7 Å². The molecule has 7 nitrogen and oxygen atoms in total. The molecule has 2 aliphatic rings. The molecule has 0 saturated carbocycles. The predicted octanol–water partition coefficient (Wildman–Crippen LogP) is 5.32. The summed E-state index contributed by atoms with van der Waals surface area (Å²) in [4.78, 5) is 15.7. The number of allylic oxidation sites excluding steroid dienone is 2. The summed E-state index contributed by atoms with van der Waals surface area (Å²) in [6, 6.07) is 8.60. The van der Waals surface area contributed by atoms with Gasteiger partial charge in [0, 0.05) is 32.5 Å². The lowest BCUT2D eigenvalue weighted by Crippen LogP contribution is -2.34. The van der Waals surface area contributed by atoms with Crippen LogP contribution in [0, 0.1) is 5.92 Å². The molecule has 1 aromatic carbocycles. The number of rotatable bonds is 6. The van der Waals surface area contributed by atoms with E-state index in [1.807, 2.05) is 29.8 Å². The van der Waals surface area contributed by atoms with Crippen molar-refractivity contribution in [2.75, 3.05) is 13.1 Å². The second-order valence-electron chi connectivity index (χ2n) is 10.9. The van der Waals surface area contributed by atoms with Crippen LogP contribution < -0.4 is 5.69 Å². The molecule has 3 aromatic heterocycles. The number of piperidine rings is 1. The first-order valence-electron chi connectivity index (χ1n) is 13.4. The lowest BCUT2D eigenvalue weighted by Gasteiger charge is -2.31. The Bertz CT molecular complexity index is 1610. The molecule has 39 heavy (non-hydrogen) atoms. The van der Waals surface area contributed by atoms with Gasteiger partial charge in [0.2, 0.25) is 0 Å². The molecule has 0 unspecified atom stereocenters. The normalized spacial score (nSPS) is 19.2. The molecule has 2 atom stereocenters. The van der Waals surface area contributed by atoms with E-state index in [2.05, 4.69) is 28.1 Å². The topological polar surface area (TPSA) is 60.4 Å². The Morgan fingerprint density at radius 3 is 2.67 bits per heavy atom. The average Bonchev–Trinajstić information content (AvgIpc) is 3.43. The summed E-state index contributed by atoms with van der Waals surface area (Å²) in [6.07, 6.45) is 6.17. The standard InChI is InChI=1S/C29H31F3N6O/c1-19-6-5-11-36(14-19)15-20-12-24(29(30,31)32)25-17-37(28(39)38(25)16-20)23-10-4-9-22(13-23)26(21-7-3-8-21)27-34-33-18-35(27)2/h4,7,9-10,12-13,16-19,26H,3,5-6,8,11,14-15H2,1-2H3/t19-,26+/m0/s1. The summed E-state index contributed by atoms with van der Waals surface area (Å²) in [5, 5.41) is 8.36. The Balaban J connectivity index is 1.43. The summed E-state index contributed by atoms with van der Waals surface area (Å²) >= 11 is 0. The minimum absolute atomic E-state index is 0.136. The van der Waals surface area contributed by atoms with E-state index in [1.165, 1.54) is 22.4 Å².